The second kappa shape index (κ2) is 8.35. The molecule has 1 fully saturated rings. The quantitative estimate of drug-likeness (QED) is 0.829. The molecule has 118 valence electrons. The van der Waals surface area contributed by atoms with Crippen LogP contribution in [0.3, 0.4) is 0 Å². The summed E-state index contributed by atoms with van der Waals surface area (Å²) in [5, 5.41) is 3.44. The highest BCUT2D eigenvalue weighted by Crippen LogP contribution is 2.30. The van der Waals surface area contributed by atoms with Gasteiger partial charge in [0, 0.05) is 18.2 Å². The molecule has 2 atom stereocenters. The highest BCUT2D eigenvalue weighted by atomic mass is 19.1. The minimum atomic E-state index is -0.220. The standard InChI is InChI=1S/C17H26FNO2/c1-3-19-16(9-8-14-6-4-5-11-21-14)15-12-13(18)7-10-17(15)20-2/h7,10,12,14,16,19H,3-6,8-9,11H2,1-2H3. The van der Waals surface area contributed by atoms with Crippen LogP contribution < -0.4 is 10.1 Å². The molecular formula is C17H26FNO2. The zero-order chi connectivity index (χ0) is 15.1. The van der Waals surface area contributed by atoms with Gasteiger partial charge in [0.25, 0.3) is 0 Å². The molecule has 3 nitrogen and oxygen atoms in total. The molecule has 1 N–H and O–H groups in total. The van der Waals surface area contributed by atoms with E-state index < -0.39 is 0 Å². The lowest BCUT2D eigenvalue weighted by atomic mass is 9.96. The van der Waals surface area contributed by atoms with Crippen LogP contribution in [0.5, 0.6) is 5.75 Å². The van der Waals surface area contributed by atoms with Crippen LogP contribution >= 0.6 is 0 Å². The van der Waals surface area contributed by atoms with Gasteiger partial charge in [0.05, 0.1) is 13.2 Å². The third kappa shape index (κ3) is 4.68. The lowest BCUT2D eigenvalue weighted by Gasteiger charge is -2.26. The van der Waals surface area contributed by atoms with Crippen molar-refractivity contribution in [1.29, 1.82) is 0 Å². The minimum Gasteiger partial charge on any atom is -0.496 e. The summed E-state index contributed by atoms with van der Waals surface area (Å²) in [6.07, 6.45) is 5.83. The van der Waals surface area contributed by atoms with E-state index >= 15 is 0 Å². The number of rotatable bonds is 7. The van der Waals surface area contributed by atoms with Crippen molar-refractivity contribution in [3.05, 3.63) is 29.6 Å². The molecule has 0 amide bonds. The van der Waals surface area contributed by atoms with E-state index in [4.69, 9.17) is 9.47 Å². The molecule has 21 heavy (non-hydrogen) atoms. The number of methoxy groups -OCH3 is 1. The third-order valence-corrected chi connectivity index (χ3v) is 4.07. The Bertz CT molecular complexity index is 433. The molecule has 2 rings (SSSR count). The molecular weight excluding hydrogens is 269 g/mol. The smallest absolute Gasteiger partial charge is 0.123 e. The summed E-state index contributed by atoms with van der Waals surface area (Å²) in [5.41, 5.74) is 0.898. The summed E-state index contributed by atoms with van der Waals surface area (Å²) >= 11 is 0. The fourth-order valence-corrected chi connectivity index (χ4v) is 2.98. The SMILES string of the molecule is CCNC(CCC1CCCCO1)c1cc(F)ccc1OC. The van der Waals surface area contributed by atoms with E-state index in [-0.39, 0.29) is 11.9 Å². The van der Waals surface area contributed by atoms with Gasteiger partial charge in [0.2, 0.25) is 0 Å². The summed E-state index contributed by atoms with van der Waals surface area (Å²) in [5.74, 6) is 0.523. The molecule has 1 aliphatic heterocycles. The number of hydrogen-bond donors (Lipinski definition) is 1. The van der Waals surface area contributed by atoms with E-state index in [0.29, 0.717) is 6.10 Å². The highest BCUT2D eigenvalue weighted by molar-refractivity contribution is 5.36. The zero-order valence-electron chi connectivity index (χ0n) is 13.0. The van der Waals surface area contributed by atoms with Crippen molar-refractivity contribution >= 4 is 0 Å². The van der Waals surface area contributed by atoms with Gasteiger partial charge in [-0.05, 0) is 56.8 Å². The fourth-order valence-electron chi connectivity index (χ4n) is 2.98. The Hall–Kier alpha value is -1.13. The highest BCUT2D eigenvalue weighted by Gasteiger charge is 2.20. The zero-order valence-corrected chi connectivity index (χ0v) is 13.0. The van der Waals surface area contributed by atoms with Crippen molar-refractivity contribution in [3.8, 4) is 5.75 Å². The van der Waals surface area contributed by atoms with Crippen molar-refractivity contribution < 1.29 is 13.9 Å². The Morgan fingerprint density at radius 1 is 1.43 bits per heavy atom. The first kappa shape index (κ1) is 16.2. The molecule has 0 bridgehead atoms. The monoisotopic (exact) mass is 295 g/mol. The molecule has 1 heterocycles. The molecule has 0 radical (unpaired) electrons. The number of benzene rings is 1. The topological polar surface area (TPSA) is 30.5 Å². The molecule has 0 aliphatic carbocycles. The van der Waals surface area contributed by atoms with E-state index in [1.807, 2.05) is 0 Å². The largest absolute Gasteiger partial charge is 0.496 e. The normalized spacial score (nSPS) is 20.2. The number of nitrogens with one attached hydrogen (secondary N) is 1. The Morgan fingerprint density at radius 2 is 2.29 bits per heavy atom. The maximum absolute atomic E-state index is 13.6. The molecule has 1 aromatic rings. The molecule has 1 saturated heterocycles. The van der Waals surface area contributed by atoms with Crippen molar-refractivity contribution in [2.24, 2.45) is 0 Å². The van der Waals surface area contributed by atoms with Gasteiger partial charge in [0.1, 0.15) is 11.6 Å². The number of ether oxygens (including phenoxy) is 2. The summed E-state index contributed by atoms with van der Waals surface area (Å²) in [7, 11) is 1.63. The summed E-state index contributed by atoms with van der Waals surface area (Å²) in [6.45, 7) is 3.78. The molecule has 0 saturated carbocycles. The molecule has 0 aromatic heterocycles. The van der Waals surface area contributed by atoms with Crippen molar-refractivity contribution in [3.63, 3.8) is 0 Å². The van der Waals surface area contributed by atoms with E-state index in [1.54, 1.807) is 19.2 Å². The van der Waals surface area contributed by atoms with E-state index in [9.17, 15) is 4.39 Å². The van der Waals surface area contributed by atoms with Crippen molar-refractivity contribution in [2.45, 2.75) is 51.2 Å². The summed E-state index contributed by atoms with van der Waals surface area (Å²) < 4.78 is 24.7. The van der Waals surface area contributed by atoms with Crippen molar-refractivity contribution in [2.75, 3.05) is 20.3 Å². The van der Waals surface area contributed by atoms with Crippen LogP contribution in [-0.2, 0) is 4.74 Å². The second-order valence-corrected chi connectivity index (χ2v) is 5.56. The van der Waals surface area contributed by atoms with Gasteiger partial charge in [-0.3, -0.25) is 0 Å². The Balaban J connectivity index is 2.05. The van der Waals surface area contributed by atoms with Crippen LogP contribution in [0.1, 0.15) is 50.6 Å². The Kier molecular flexibility index (Phi) is 6.46. The van der Waals surface area contributed by atoms with Gasteiger partial charge < -0.3 is 14.8 Å². The van der Waals surface area contributed by atoms with Gasteiger partial charge in [-0.2, -0.15) is 0 Å². The Labute approximate surface area is 126 Å². The minimum absolute atomic E-state index is 0.103. The van der Waals surface area contributed by atoms with Crippen LogP contribution in [0.15, 0.2) is 18.2 Å². The van der Waals surface area contributed by atoms with E-state index in [2.05, 4.69) is 12.2 Å². The van der Waals surface area contributed by atoms with Gasteiger partial charge in [0.15, 0.2) is 0 Å². The Morgan fingerprint density at radius 3 is 2.95 bits per heavy atom. The van der Waals surface area contributed by atoms with Gasteiger partial charge in [-0.1, -0.05) is 6.92 Å². The van der Waals surface area contributed by atoms with Crippen LogP contribution in [0.2, 0.25) is 0 Å². The van der Waals surface area contributed by atoms with Crippen molar-refractivity contribution in [1.82, 2.24) is 5.32 Å². The van der Waals surface area contributed by atoms with Crippen LogP contribution in [0.25, 0.3) is 0 Å². The third-order valence-electron chi connectivity index (χ3n) is 4.07. The van der Waals surface area contributed by atoms with E-state index in [1.165, 1.54) is 18.9 Å². The van der Waals surface area contributed by atoms with Gasteiger partial charge in [-0.25, -0.2) is 4.39 Å². The maximum atomic E-state index is 13.6. The fraction of sp³-hybridized carbons (Fsp3) is 0.647. The summed E-state index contributed by atoms with van der Waals surface area (Å²) in [4.78, 5) is 0. The molecule has 1 aliphatic rings. The first-order chi connectivity index (χ1) is 10.2. The lowest BCUT2D eigenvalue weighted by molar-refractivity contribution is 0.00852. The molecule has 1 aromatic carbocycles. The first-order valence-electron chi connectivity index (χ1n) is 7.93. The average molecular weight is 295 g/mol. The molecule has 0 spiro atoms. The predicted molar refractivity (Wildman–Crippen MR) is 82.2 cm³/mol. The predicted octanol–water partition coefficient (Wildman–Crippen LogP) is 3.83. The summed E-state index contributed by atoms with van der Waals surface area (Å²) in [6, 6.07) is 4.82. The average Bonchev–Trinajstić information content (AvgIpc) is 2.52. The van der Waals surface area contributed by atoms with Gasteiger partial charge >= 0.3 is 0 Å². The molecule has 4 heteroatoms. The molecule has 2 unspecified atom stereocenters. The van der Waals surface area contributed by atoms with Crippen LogP contribution in [0.4, 0.5) is 4.39 Å². The lowest BCUT2D eigenvalue weighted by Crippen LogP contribution is -2.25. The first-order valence-corrected chi connectivity index (χ1v) is 7.93. The second-order valence-electron chi connectivity index (χ2n) is 5.56. The van der Waals surface area contributed by atoms with E-state index in [0.717, 1.165) is 43.7 Å². The van der Waals surface area contributed by atoms with Crippen LogP contribution in [-0.4, -0.2) is 26.4 Å². The number of halogens is 1. The number of hydrogen-bond acceptors (Lipinski definition) is 3. The maximum Gasteiger partial charge on any atom is 0.123 e. The van der Waals surface area contributed by atoms with Crippen LogP contribution in [0, 0.1) is 5.82 Å². The van der Waals surface area contributed by atoms with Gasteiger partial charge in [-0.15, -0.1) is 0 Å².